The highest BCUT2D eigenvalue weighted by atomic mass is 16.3. The number of benzene rings is 1. The molecule has 5 nitrogen and oxygen atoms in total. The topological polar surface area (TPSA) is 69.6 Å². The van der Waals surface area contributed by atoms with E-state index in [9.17, 15) is 9.59 Å². The van der Waals surface area contributed by atoms with E-state index in [1.54, 1.807) is 0 Å². The maximum atomic E-state index is 12.7. The van der Waals surface area contributed by atoms with Crippen LogP contribution in [0, 0.1) is 5.41 Å². The van der Waals surface area contributed by atoms with E-state index in [0.29, 0.717) is 32.5 Å². The van der Waals surface area contributed by atoms with Gasteiger partial charge in [0, 0.05) is 38.2 Å². The zero-order valence-electron chi connectivity index (χ0n) is 14.8. The monoisotopic (exact) mass is 344 g/mol. The highest BCUT2D eigenvalue weighted by molar-refractivity contribution is 5.98. The zero-order valence-corrected chi connectivity index (χ0v) is 14.8. The molecule has 3 rings (SSSR count). The van der Waals surface area contributed by atoms with Crippen molar-refractivity contribution in [1.82, 2.24) is 10.2 Å². The minimum Gasteiger partial charge on any atom is -0.396 e. The summed E-state index contributed by atoms with van der Waals surface area (Å²) in [6.45, 7) is 1.92. The second-order valence-corrected chi connectivity index (χ2v) is 7.48. The number of carbonyl (C=O) groups excluding carboxylic acids is 2. The number of carbonyl (C=O) groups is 2. The lowest BCUT2D eigenvalue weighted by molar-refractivity contribution is -0.124. The van der Waals surface area contributed by atoms with Gasteiger partial charge in [-0.05, 0) is 36.3 Å². The van der Waals surface area contributed by atoms with Crippen LogP contribution in [-0.4, -0.2) is 41.5 Å². The Morgan fingerprint density at radius 1 is 1.20 bits per heavy atom. The smallest absolute Gasteiger partial charge is 0.254 e. The van der Waals surface area contributed by atoms with Crippen LogP contribution in [0.1, 0.15) is 60.9 Å². The summed E-state index contributed by atoms with van der Waals surface area (Å²) in [5, 5.41) is 11.8. The number of hydrogen-bond donors (Lipinski definition) is 2. The van der Waals surface area contributed by atoms with E-state index in [4.69, 9.17) is 5.11 Å². The first-order chi connectivity index (χ1) is 12.1. The Balaban J connectivity index is 1.67. The summed E-state index contributed by atoms with van der Waals surface area (Å²) in [6.07, 6.45) is 6.51. The molecule has 1 heterocycles. The molecule has 1 aliphatic heterocycles. The van der Waals surface area contributed by atoms with Crippen molar-refractivity contribution in [2.24, 2.45) is 5.41 Å². The fourth-order valence-corrected chi connectivity index (χ4v) is 4.25. The molecule has 0 saturated heterocycles. The molecule has 2 N–H and O–H groups in total. The van der Waals surface area contributed by atoms with Crippen molar-refractivity contribution in [2.75, 3.05) is 19.7 Å². The second kappa shape index (κ2) is 8.00. The Morgan fingerprint density at radius 3 is 2.68 bits per heavy atom. The van der Waals surface area contributed by atoms with Gasteiger partial charge in [-0.25, -0.2) is 0 Å². The minimum absolute atomic E-state index is 0.0412. The summed E-state index contributed by atoms with van der Waals surface area (Å²) in [6, 6.07) is 7.79. The molecule has 2 amide bonds. The van der Waals surface area contributed by atoms with Gasteiger partial charge in [-0.15, -0.1) is 0 Å². The van der Waals surface area contributed by atoms with E-state index in [1.165, 1.54) is 6.42 Å². The van der Waals surface area contributed by atoms with Crippen molar-refractivity contribution in [3.63, 3.8) is 0 Å². The van der Waals surface area contributed by atoms with Gasteiger partial charge in [-0.3, -0.25) is 9.59 Å². The number of amides is 2. The molecule has 1 aromatic carbocycles. The van der Waals surface area contributed by atoms with Crippen molar-refractivity contribution in [2.45, 2.75) is 51.5 Å². The van der Waals surface area contributed by atoms with E-state index in [0.717, 1.165) is 36.8 Å². The number of aliphatic hydroxyl groups is 1. The van der Waals surface area contributed by atoms with E-state index < -0.39 is 0 Å². The van der Waals surface area contributed by atoms with Crippen LogP contribution in [-0.2, 0) is 11.3 Å². The normalized spacial score (nSPS) is 18.9. The van der Waals surface area contributed by atoms with E-state index in [-0.39, 0.29) is 23.8 Å². The molecule has 1 aromatic rings. The van der Waals surface area contributed by atoms with Crippen molar-refractivity contribution >= 4 is 11.8 Å². The van der Waals surface area contributed by atoms with Crippen molar-refractivity contribution in [3.8, 4) is 0 Å². The molecule has 25 heavy (non-hydrogen) atoms. The number of hydrogen-bond acceptors (Lipinski definition) is 3. The predicted molar refractivity (Wildman–Crippen MR) is 96.0 cm³/mol. The van der Waals surface area contributed by atoms with Crippen LogP contribution in [0.4, 0.5) is 0 Å². The minimum atomic E-state index is -0.112. The van der Waals surface area contributed by atoms with Gasteiger partial charge in [0.25, 0.3) is 5.91 Å². The molecule has 0 spiro atoms. The predicted octanol–water partition coefficient (Wildman–Crippen LogP) is 2.48. The summed E-state index contributed by atoms with van der Waals surface area (Å²) < 4.78 is 0. The number of nitrogens with zero attached hydrogens (tertiary/aromatic N) is 1. The fourth-order valence-electron chi connectivity index (χ4n) is 4.25. The van der Waals surface area contributed by atoms with E-state index >= 15 is 0 Å². The van der Waals surface area contributed by atoms with Crippen LogP contribution in [0.3, 0.4) is 0 Å². The van der Waals surface area contributed by atoms with Gasteiger partial charge < -0.3 is 15.3 Å². The Hall–Kier alpha value is -1.88. The highest BCUT2D eigenvalue weighted by Gasteiger charge is 2.39. The first-order valence-corrected chi connectivity index (χ1v) is 9.38. The molecule has 1 aliphatic carbocycles. The highest BCUT2D eigenvalue weighted by Crippen LogP contribution is 2.41. The summed E-state index contributed by atoms with van der Waals surface area (Å²) >= 11 is 0. The van der Waals surface area contributed by atoms with Gasteiger partial charge in [-0.1, -0.05) is 37.5 Å². The molecule has 5 heteroatoms. The van der Waals surface area contributed by atoms with Crippen LogP contribution in [0.15, 0.2) is 24.3 Å². The first-order valence-electron chi connectivity index (χ1n) is 9.38. The van der Waals surface area contributed by atoms with Gasteiger partial charge in [0.15, 0.2) is 0 Å². The number of nitrogens with one attached hydrogen (secondary N) is 1. The van der Waals surface area contributed by atoms with Crippen molar-refractivity contribution in [3.05, 3.63) is 35.4 Å². The number of aliphatic hydroxyl groups excluding tert-OH is 1. The average Bonchev–Trinajstić information content (AvgIpc) is 2.92. The molecule has 1 fully saturated rings. The van der Waals surface area contributed by atoms with Gasteiger partial charge in [-0.2, -0.15) is 0 Å². The summed E-state index contributed by atoms with van der Waals surface area (Å²) in [7, 11) is 0. The maximum absolute atomic E-state index is 12.7. The Morgan fingerprint density at radius 2 is 1.96 bits per heavy atom. The summed E-state index contributed by atoms with van der Waals surface area (Å²) in [5.41, 5.74) is 1.78. The largest absolute Gasteiger partial charge is 0.396 e. The second-order valence-electron chi connectivity index (χ2n) is 7.48. The third kappa shape index (κ3) is 4.21. The lowest BCUT2D eigenvalue weighted by atomic mass is 9.71. The lowest BCUT2D eigenvalue weighted by Gasteiger charge is -2.39. The standard InChI is InChI=1S/C20H28N2O3/c23-12-6-11-21-18(24)13-20(9-4-1-5-10-20)15-22-14-16-7-2-3-8-17(16)19(22)25/h2-3,7-8,23H,1,4-6,9-15H2,(H,21,24). The maximum Gasteiger partial charge on any atom is 0.254 e. The third-order valence-corrected chi connectivity index (χ3v) is 5.53. The number of fused-ring (bicyclic) bond motifs is 1. The van der Waals surface area contributed by atoms with Gasteiger partial charge in [0.05, 0.1) is 0 Å². The average molecular weight is 344 g/mol. The lowest BCUT2D eigenvalue weighted by Crippen LogP contribution is -2.43. The molecule has 2 aliphatic rings. The van der Waals surface area contributed by atoms with Crippen molar-refractivity contribution in [1.29, 1.82) is 0 Å². The molecule has 0 aromatic heterocycles. The first kappa shape index (κ1) is 17.9. The Bertz CT molecular complexity index is 623. The van der Waals surface area contributed by atoms with Crippen molar-refractivity contribution < 1.29 is 14.7 Å². The SMILES string of the molecule is O=C(CC1(CN2Cc3ccccc3C2=O)CCCCC1)NCCCO. The molecule has 0 bridgehead atoms. The zero-order chi connectivity index (χ0) is 17.7. The summed E-state index contributed by atoms with van der Waals surface area (Å²) in [4.78, 5) is 27.0. The van der Waals surface area contributed by atoms with E-state index in [2.05, 4.69) is 5.32 Å². The quantitative estimate of drug-likeness (QED) is 0.747. The molecule has 136 valence electrons. The van der Waals surface area contributed by atoms with Crippen LogP contribution in [0.2, 0.25) is 0 Å². The number of rotatable bonds is 7. The van der Waals surface area contributed by atoms with Crippen LogP contribution >= 0.6 is 0 Å². The summed E-state index contributed by atoms with van der Waals surface area (Å²) in [5.74, 6) is 0.140. The molecule has 0 radical (unpaired) electrons. The third-order valence-electron chi connectivity index (χ3n) is 5.53. The molecular formula is C20H28N2O3. The fraction of sp³-hybridized carbons (Fsp3) is 0.600. The molecule has 0 atom stereocenters. The van der Waals surface area contributed by atoms with Gasteiger partial charge in [0.2, 0.25) is 5.91 Å². The van der Waals surface area contributed by atoms with E-state index in [1.807, 2.05) is 29.2 Å². The molecule has 0 unspecified atom stereocenters. The Labute approximate surface area is 149 Å². The van der Waals surface area contributed by atoms with Gasteiger partial charge in [0.1, 0.15) is 0 Å². The molecular weight excluding hydrogens is 316 g/mol. The van der Waals surface area contributed by atoms with Gasteiger partial charge >= 0.3 is 0 Å². The molecule has 1 saturated carbocycles. The van der Waals surface area contributed by atoms with Crippen LogP contribution in [0.25, 0.3) is 0 Å². The Kier molecular flexibility index (Phi) is 5.74. The van der Waals surface area contributed by atoms with Crippen LogP contribution in [0.5, 0.6) is 0 Å². The van der Waals surface area contributed by atoms with Crippen LogP contribution < -0.4 is 5.32 Å².